The highest BCUT2D eigenvalue weighted by Crippen LogP contribution is 2.34. The molecular weight excluding hydrogens is 462 g/mol. The van der Waals surface area contributed by atoms with E-state index in [-0.39, 0.29) is 54.9 Å². The van der Waals surface area contributed by atoms with Crippen molar-refractivity contribution in [1.29, 1.82) is 0 Å². The largest absolute Gasteiger partial charge is 0.497 e. The number of carbonyl (C=O) groups excluding carboxylic acids is 3. The Bertz CT molecular complexity index is 1160. The number of carbonyl (C=O) groups is 3. The van der Waals surface area contributed by atoms with Crippen LogP contribution in [0.2, 0.25) is 0 Å². The fourth-order valence-corrected chi connectivity index (χ4v) is 4.81. The minimum atomic E-state index is -0.357. The van der Waals surface area contributed by atoms with Gasteiger partial charge in [0.05, 0.1) is 31.2 Å². The normalized spacial score (nSPS) is 23.3. The SMILES string of the molecule is COc1cccc(NC(=O)C[C@H]2CC[C@@H]3[C@@H](COc4ccc(NC(=O)C5CC5)cc4C(=O)N3C)O2)c1. The zero-order valence-corrected chi connectivity index (χ0v) is 20.5. The molecule has 2 aliphatic heterocycles. The number of nitrogens with zero attached hydrogens (tertiary/aromatic N) is 1. The number of benzene rings is 2. The second kappa shape index (κ2) is 10.2. The van der Waals surface area contributed by atoms with Crippen molar-refractivity contribution in [2.45, 2.75) is 50.4 Å². The molecule has 2 N–H and O–H groups in total. The van der Waals surface area contributed by atoms with Crippen molar-refractivity contribution in [2.75, 3.05) is 31.4 Å². The molecule has 9 heteroatoms. The molecule has 3 atom stereocenters. The highest BCUT2D eigenvalue weighted by atomic mass is 16.5. The highest BCUT2D eigenvalue weighted by molar-refractivity contribution is 6.00. The van der Waals surface area contributed by atoms with E-state index in [1.807, 2.05) is 18.2 Å². The lowest BCUT2D eigenvalue weighted by Crippen LogP contribution is -2.53. The van der Waals surface area contributed by atoms with E-state index >= 15 is 0 Å². The molecule has 5 rings (SSSR count). The topological polar surface area (TPSA) is 106 Å². The maximum atomic E-state index is 13.3. The highest BCUT2D eigenvalue weighted by Gasteiger charge is 2.39. The number of nitrogens with one attached hydrogen (secondary N) is 2. The van der Waals surface area contributed by atoms with Crippen LogP contribution in [0.4, 0.5) is 11.4 Å². The first-order valence-electron chi connectivity index (χ1n) is 12.4. The van der Waals surface area contributed by atoms with Crippen LogP contribution < -0.4 is 20.1 Å². The Morgan fingerprint density at radius 2 is 1.86 bits per heavy atom. The van der Waals surface area contributed by atoms with E-state index in [4.69, 9.17) is 14.2 Å². The van der Waals surface area contributed by atoms with Crippen molar-refractivity contribution in [3.8, 4) is 11.5 Å². The number of hydrogen-bond donors (Lipinski definition) is 2. The Labute approximate surface area is 210 Å². The molecule has 0 aromatic heterocycles. The predicted molar refractivity (Wildman–Crippen MR) is 133 cm³/mol. The molecule has 190 valence electrons. The van der Waals surface area contributed by atoms with Gasteiger partial charge in [-0.15, -0.1) is 0 Å². The lowest BCUT2D eigenvalue weighted by atomic mass is 9.94. The van der Waals surface area contributed by atoms with Gasteiger partial charge in [-0.1, -0.05) is 6.07 Å². The third-order valence-corrected chi connectivity index (χ3v) is 6.99. The van der Waals surface area contributed by atoms with Crippen LogP contribution in [0.5, 0.6) is 11.5 Å². The molecule has 36 heavy (non-hydrogen) atoms. The first kappa shape index (κ1) is 24.1. The molecule has 1 aliphatic carbocycles. The zero-order valence-electron chi connectivity index (χ0n) is 20.5. The molecule has 9 nitrogen and oxygen atoms in total. The second-order valence-corrected chi connectivity index (χ2v) is 9.63. The van der Waals surface area contributed by atoms with Crippen LogP contribution in [0.15, 0.2) is 42.5 Å². The molecule has 0 radical (unpaired) electrons. The molecule has 2 heterocycles. The molecule has 3 amide bonds. The van der Waals surface area contributed by atoms with Crippen molar-refractivity contribution in [3.05, 3.63) is 48.0 Å². The summed E-state index contributed by atoms with van der Waals surface area (Å²) in [6, 6.07) is 12.2. The number of ether oxygens (including phenoxy) is 3. The lowest BCUT2D eigenvalue weighted by Gasteiger charge is -2.42. The Hall–Kier alpha value is -3.59. The fourth-order valence-electron chi connectivity index (χ4n) is 4.81. The van der Waals surface area contributed by atoms with Crippen LogP contribution in [-0.2, 0) is 14.3 Å². The number of methoxy groups -OCH3 is 1. The predicted octanol–water partition coefficient (Wildman–Crippen LogP) is 3.45. The molecule has 1 saturated carbocycles. The zero-order chi connectivity index (χ0) is 25.2. The number of rotatable bonds is 6. The lowest BCUT2D eigenvalue weighted by molar-refractivity contribution is -0.130. The van der Waals surface area contributed by atoms with Crippen LogP contribution in [0, 0.1) is 5.92 Å². The van der Waals surface area contributed by atoms with Gasteiger partial charge in [0.25, 0.3) is 5.91 Å². The Kier molecular flexibility index (Phi) is 6.82. The minimum Gasteiger partial charge on any atom is -0.497 e. The Morgan fingerprint density at radius 1 is 1.06 bits per heavy atom. The Balaban J connectivity index is 1.23. The summed E-state index contributed by atoms with van der Waals surface area (Å²) < 4.78 is 17.5. The van der Waals surface area contributed by atoms with E-state index in [9.17, 15) is 14.4 Å². The van der Waals surface area contributed by atoms with Crippen LogP contribution in [0.1, 0.15) is 42.5 Å². The quantitative estimate of drug-likeness (QED) is 0.639. The summed E-state index contributed by atoms with van der Waals surface area (Å²) in [6.45, 7) is 0.261. The summed E-state index contributed by atoms with van der Waals surface area (Å²) in [5, 5.41) is 5.79. The number of hydrogen-bond acceptors (Lipinski definition) is 6. The number of fused-ring (bicyclic) bond motifs is 2. The molecule has 1 saturated heterocycles. The first-order chi connectivity index (χ1) is 17.4. The summed E-state index contributed by atoms with van der Waals surface area (Å²) in [6.07, 6.45) is 2.74. The second-order valence-electron chi connectivity index (χ2n) is 9.63. The van der Waals surface area contributed by atoms with Crippen molar-refractivity contribution in [1.82, 2.24) is 4.90 Å². The van der Waals surface area contributed by atoms with E-state index in [2.05, 4.69) is 10.6 Å². The summed E-state index contributed by atoms with van der Waals surface area (Å²) in [5.41, 5.74) is 1.68. The third kappa shape index (κ3) is 5.31. The summed E-state index contributed by atoms with van der Waals surface area (Å²) in [4.78, 5) is 39.8. The van der Waals surface area contributed by atoms with Gasteiger partial charge in [0, 0.05) is 30.4 Å². The monoisotopic (exact) mass is 493 g/mol. The molecule has 2 aromatic carbocycles. The van der Waals surface area contributed by atoms with Crippen molar-refractivity contribution < 1.29 is 28.6 Å². The molecule has 0 spiro atoms. The average Bonchev–Trinajstić information content (AvgIpc) is 3.72. The fraction of sp³-hybridized carbons (Fsp3) is 0.444. The Morgan fingerprint density at radius 3 is 2.64 bits per heavy atom. The van der Waals surface area contributed by atoms with Gasteiger partial charge in [0.2, 0.25) is 11.8 Å². The molecule has 2 aromatic rings. The molecule has 2 fully saturated rings. The van der Waals surface area contributed by atoms with E-state index in [0.717, 1.165) is 12.8 Å². The summed E-state index contributed by atoms with van der Waals surface area (Å²) in [5.74, 6) is 0.865. The van der Waals surface area contributed by atoms with E-state index in [0.29, 0.717) is 41.3 Å². The van der Waals surface area contributed by atoms with Crippen LogP contribution in [-0.4, -0.2) is 61.6 Å². The minimum absolute atomic E-state index is 0.00950. The summed E-state index contributed by atoms with van der Waals surface area (Å²) >= 11 is 0. The van der Waals surface area contributed by atoms with E-state index < -0.39 is 0 Å². The molecule has 0 bridgehead atoms. The molecular formula is C27H31N3O6. The maximum absolute atomic E-state index is 13.3. The molecule has 0 unspecified atom stereocenters. The van der Waals surface area contributed by atoms with Crippen molar-refractivity contribution in [2.24, 2.45) is 5.92 Å². The standard InChI is InChI=1S/C27H31N3O6/c1-30-22-10-9-20(14-25(31)28-17-4-3-5-19(12-17)34-2)36-24(22)15-35-23-11-8-18(13-21(23)27(30)33)29-26(32)16-6-7-16/h3-5,8,11-13,16,20,22,24H,6-7,9-10,14-15H2,1-2H3,(H,28,31)(H,29,32)/t20-,22-,24-/m1/s1. The first-order valence-corrected chi connectivity index (χ1v) is 12.4. The van der Waals surface area contributed by atoms with Gasteiger partial charge in [-0.2, -0.15) is 0 Å². The average molecular weight is 494 g/mol. The van der Waals surface area contributed by atoms with E-state index in [1.54, 1.807) is 43.3 Å². The van der Waals surface area contributed by atoms with Gasteiger partial charge in [-0.25, -0.2) is 0 Å². The van der Waals surface area contributed by atoms with Crippen molar-refractivity contribution >= 4 is 29.1 Å². The smallest absolute Gasteiger partial charge is 0.257 e. The van der Waals surface area contributed by atoms with Crippen LogP contribution in [0.25, 0.3) is 0 Å². The van der Waals surface area contributed by atoms with E-state index in [1.165, 1.54) is 0 Å². The van der Waals surface area contributed by atoms with Crippen LogP contribution >= 0.6 is 0 Å². The summed E-state index contributed by atoms with van der Waals surface area (Å²) in [7, 11) is 3.35. The van der Waals surface area contributed by atoms with Gasteiger partial charge in [-0.05, 0) is 56.0 Å². The van der Waals surface area contributed by atoms with Gasteiger partial charge >= 0.3 is 0 Å². The van der Waals surface area contributed by atoms with Gasteiger partial charge in [0.1, 0.15) is 24.2 Å². The van der Waals surface area contributed by atoms with Gasteiger partial charge in [-0.3, -0.25) is 14.4 Å². The molecule has 3 aliphatic rings. The maximum Gasteiger partial charge on any atom is 0.257 e. The number of anilines is 2. The third-order valence-electron chi connectivity index (χ3n) is 6.99. The van der Waals surface area contributed by atoms with Gasteiger partial charge < -0.3 is 29.7 Å². The van der Waals surface area contributed by atoms with Gasteiger partial charge in [0.15, 0.2) is 0 Å². The van der Waals surface area contributed by atoms with Crippen LogP contribution in [0.3, 0.4) is 0 Å². The number of likely N-dealkylation sites (N-methyl/N-ethyl adjacent to an activating group) is 1. The van der Waals surface area contributed by atoms with Crippen molar-refractivity contribution in [3.63, 3.8) is 0 Å². The number of amides is 3.